The summed E-state index contributed by atoms with van der Waals surface area (Å²) in [6.45, 7) is 3.05. The molecule has 4 N–H and O–H groups in total. The highest BCUT2D eigenvalue weighted by Gasteiger charge is 2.27. The van der Waals surface area contributed by atoms with Gasteiger partial charge in [-0.3, -0.25) is 10.00 Å². The molecular formula is C21H22FN5O. The Morgan fingerprint density at radius 3 is 2.86 bits per heavy atom. The third kappa shape index (κ3) is 3.31. The van der Waals surface area contributed by atoms with Gasteiger partial charge in [0.05, 0.1) is 5.69 Å². The second kappa shape index (κ2) is 7.34. The van der Waals surface area contributed by atoms with Gasteiger partial charge in [0.2, 0.25) is 0 Å². The molecule has 0 spiro atoms. The van der Waals surface area contributed by atoms with E-state index in [9.17, 15) is 9.18 Å². The van der Waals surface area contributed by atoms with E-state index in [1.807, 2.05) is 12.1 Å². The second-order valence-corrected chi connectivity index (χ2v) is 6.88. The number of anilines is 2. The first-order valence-electron chi connectivity index (χ1n) is 9.32. The molecule has 0 saturated carbocycles. The number of carbonyl (C=O) groups is 1. The van der Waals surface area contributed by atoms with Crippen LogP contribution >= 0.6 is 0 Å². The molecule has 2 heterocycles. The van der Waals surface area contributed by atoms with Gasteiger partial charge < -0.3 is 11.1 Å². The lowest BCUT2D eigenvalue weighted by molar-refractivity contribution is 0.246. The normalized spacial score (nSPS) is 12.9. The van der Waals surface area contributed by atoms with E-state index in [1.165, 1.54) is 11.6 Å². The SMILES string of the molecule is CCc1cccc(CNC(=O)N2CCc3cc(-c4c[nH]nc4N)c(F)cc32)c1. The maximum absolute atomic E-state index is 14.7. The molecule has 1 aromatic heterocycles. The summed E-state index contributed by atoms with van der Waals surface area (Å²) in [6.07, 6.45) is 3.19. The average Bonchev–Trinajstić information content (AvgIpc) is 3.31. The zero-order valence-corrected chi connectivity index (χ0v) is 15.6. The van der Waals surface area contributed by atoms with Gasteiger partial charge in [0, 0.05) is 30.4 Å². The minimum atomic E-state index is -0.429. The number of hydrogen-bond acceptors (Lipinski definition) is 3. The summed E-state index contributed by atoms with van der Waals surface area (Å²) in [5.41, 5.74) is 10.5. The Morgan fingerprint density at radius 2 is 2.11 bits per heavy atom. The predicted octanol–water partition coefficient (Wildman–Crippen LogP) is 3.63. The Balaban J connectivity index is 1.52. The number of urea groups is 1. The van der Waals surface area contributed by atoms with Crippen molar-refractivity contribution in [3.8, 4) is 11.1 Å². The molecule has 1 aliphatic rings. The number of amides is 2. The third-order valence-corrected chi connectivity index (χ3v) is 5.11. The van der Waals surface area contributed by atoms with E-state index in [1.54, 1.807) is 17.2 Å². The van der Waals surface area contributed by atoms with Crippen molar-refractivity contribution in [3.05, 3.63) is 65.1 Å². The molecular weight excluding hydrogens is 357 g/mol. The number of nitrogens with zero attached hydrogens (tertiary/aromatic N) is 2. The fraction of sp³-hybridized carbons (Fsp3) is 0.238. The first-order chi connectivity index (χ1) is 13.6. The van der Waals surface area contributed by atoms with E-state index < -0.39 is 5.82 Å². The molecule has 0 bridgehead atoms. The van der Waals surface area contributed by atoms with Crippen molar-refractivity contribution in [2.75, 3.05) is 17.2 Å². The molecule has 2 amide bonds. The fourth-order valence-electron chi connectivity index (χ4n) is 3.58. The molecule has 6 nitrogen and oxygen atoms in total. The van der Waals surface area contributed by atoms with Crippen molar-refractivity contribution in [3.63, 3.8) is 0 Å². The number of rotatable bonds is 4. The van der Waals surface area contributed by atoms with Crippen molar-refractivity contribution in [2.45, 2.75) is 26.3 Å². The summed E-state index contributed by atoms with van der Waals surface area (Å²) in [5.74, 6) is -0.178. The Hall–Kier alpha value is -3.35. The van der Waals surface area contributed by atoms with E-state index in [-0.39, 0.29) is 11.8 Å². The molecule has 0 aliphatic carbocycles. The van der Waals surface area contributed by atoms with Gasteiger partial charge in [0.25, 0.3) is 0 Å². The van der Waals surface area contributed by atoms with Crippen LogP contribution in [-0.4, -0.2) is 22.8 Å². The zero-order valence-electron chi connectivity index (χ0n) is 15.6. The van der Waals surface area contributed by atoms with Crippen LogP contribution in [-0.2, 0) is 19.4 Å². The molecule has 0 saturated heterocycles. The zero-order chi connectivity index (χ0) is 19.7. The summed E-state index contributed by atoms with van der Waals surface area (Å²) in [5, 5.41) is 9.42. The molecule has 0 radical (unpaired) electrons. The monoisotopic (exact) mass is 379 g/mol. The number of aromatic amines is 1. The standard InChI is InChI=1S/C21H22FN5O/c1-2-13-4-3-5-14(8-13)11-24-21(28)27-7-6-15-9-16(18(22)10-19(15)27)17-12-25-26-20(17)23/h3-5,8-10,12H,2,6-7,11H2,1H3,(H,24,28)(H3,23,25,26). The van der Waals surface area contributed by atoms with Crippen LogP contribution in [0.15, 0.2) is 42.6 Å². The Kier molecular flexibility index (Phi) is 4.73. The number of nitrogens with one attached hydrogen (secondary N) is 2. The lowest BCUT2D eigenvalue weighted by Gasteiger charge is -2.19. The first kappa shape index (κ1) is 18.0. The maximum Gasteiger partial charge on any atom is 0.322 e. The Bertz CT molecular complexity index is 1030. The van der Waals surface area contributed by atoms with Gasteiger partial charge in [-0.1, -0.05) is 31.2 Å². The van der Waals surface area contributed by atoms with E-state index in [4.69, 9.17) is 5.73 Å². The van der Waals surface area contributed by atoms with Gasteiger partial charge in [0.1, 0.15) is 5.82 Å². The minimum absolute atomic E-state index is 0.226. The number of aryl methyl sites for hydroxylation is 1. The number of carbonyl (C=O) groups excluding carboxylic acids is 1. The highest BCUT2D eigenvalue weighted by molar-refractivity contribution is 5.95. The summed E-state index contributed by atoms with van der Waals surface area (Å²) < 4.78 is 14.7. The number of halogens is 1. The lowest BCUT2D eigenvalue weighted by Crippen LogP contribution is -2.38. The largest absolute Gasteiger partial charge is 0.382 e. The topological polar surface area (TPSA) is 87.0 Å². The van der Waals surface area contributed by atoms with Gasteiger partial charge in [0.15, 0.2) is 5.82 Å². The van der Waals surface area contributed by atoms with E-state index in [0.717, 1.165) is 17.5 Å². The molecule has 0 unspecified atom stereocenters. The number of nitrogen functional groups attached to an aromatic ring is 1. The van der Waals surface area contributed by atoms with Crippen LogP contribution in [0.4, 0.5) is 20.7 Å². The quantitative estimate of drug-likeness (QED) is 0.647. The number of fused-ring (bicyclic) bond motifs is 1. The molecule has 4 rings (SSSR count). The number of aromatic nitrogens is 2. The van der Waals surface area contributed by atoms with Crippen molar-refractivity contribution in [2.24, 2.45) is 0 Å². The lowest BCUT2D eigenvalue weighted by atomic mass is 10.0. The van der Waals surface area contributed by atoms with Crippen LogP contribution in [0.1, 0.15) is 23.6 Å². The first-order valence-corrected chi connectivity index (χ1v) is 9.32. The number of benzene rings is 2. The number of nitrogens with two attached hydrogens (primary N) is 1. The predicted molar refractivity (Wildman–Crippen MR) is 107 cm³/mol. The number of hydrogen-bond donors (Lipinski definition) is 3. The third-order valence-electron chi connectivity index (χ3n) is 5.11. The van der Waals surface area contributed by atoms with Gasteiger partial charge in [-0.25, -0.2) is 9.18 Å². The van der Waals surface area contributed by atoms with E-state index in [2.05, 4.69) is 34.6 Å². The maximum atomic E-state index is 14.7. The molecule has 7 heteroatoms. The Morgan fingerprint density at radius 1 is 1.29 bits per heavy atom. The van der Waals surface area contributed by atoms with Crippen molar-refractivity contribution in [1.29, 1.82) is 0 Å². The van der Waals surface area contributed by atoms with Crippen molar-refractivity contribution < 1.29 is 9.18 Å². The van der Waals surface area contributed by atoms with Gasteiger partial charge in [-0.05, 0) is 41.7 Å². The molecule has 1 aliphatic heterocycles. The second-order valence-electron chi connectivity index (χ2n) is 6.88. The van der Waals surface area contributed by atoms with Crippen LogP contribution < -0.4 is 16.0 Å². The molecule has 2 aromatic carbocycles. The van der Waals surface area contributed by atoms with Crippen LogP contribution in [0.5, 0.6) is 0 Å². The molecule has 28 heavy (non-hydrogen) atoms. The fourth-order valence-corrected chi connectivity index (χ4v) is 3.58. The Labute approximate surface area is 162 Å². The van der Waals surface area contributed by atoms with E-state index >= 15 is 0 Å². The van der Waals surface area contributed by atoms with Crippen LogP contribution in [0, 0.1) is 5.82 Å². The van der Waals surface area contributed by atoms with E-state index in [0.29, 0.717) is 36.3 Å². The van der Waals surface area contributed by atoms with Crippen LogP contribution in [0.2, 0.25) is 0 Å². The average molecular weight is 379 g/mol. The molecule has 144 valence electrons. The van der Waals surface area contributed by atoms with Gasteiger partial charge in [-0.15, -0.1) is 0 Å². The molecule has 0 atom stereocenters. The minimum Gasteiger partial charge on any atom is -0.382 e. The van der Waals surface area contributed by atoms with Crippen molar-refractivity contribution >= 4 is 17.5 Å². The van der Waals surface area contributed by atoms with Crippen LogP contribution in [0.25, 0.3) is 11.1 Å². The summed E-state index contributed by atoms with van der Waals surface area (Å²) in [7, 11) is 0. The molecule has 0 fully saturated rings. The molecule has 3 aromatic rings. The number of H-pyrrole nitrogens is 1. The summed E-state index contributed by atoms with van der Waals surface area (Å²) in [4.78, 5) is 14.3. The van der Waals surface area contributed by atoms with Gasteiger partial charge in [-0.2, -0.15) is 5.10 Å². The highest BCUT2D eigenvalue weighted by atomic mass is 19.1. The summed E-state index contributed by atoms with van der Waals surface area (Å²) >= 11 is 0. The highest BCUT2D eigenvalue weighted by Crippen LogP contribution is 2.36. The van der Waals surface area contributed by atoms with Gasteiger partial charge >= 0.3 is 6.03 Å². The smallest absolute Gasteiger partial charge is 0.322 e. The summed E-state index contributed by atoms with van der Waals surface area (Å²) in [6, 6.07) is 11.1. The van der Waals surface area contributed by atoms with Crippen molar-refractivity contribution in [1.82, 2.24) is 15.5 Å². The van der Waals surface area contributed by atoms with Crippen LogP contribution in [0.3, 0.4) is 0 Å².